The molecule has 0 spiro atoms. The number of amides is 1. The van der Waals surface area contributed by atoms with Crippen molar-refractivity contribution in [3.63, 3.8) is 0 Å². The van der Waals surface area contributed by atoms with Gasteiger partial charge in [-0.25, -0.2) is 8.42 Å². The first-order chi connectivity index (χ1) is 12.2. The minimum Gasteiger partial charge on any atom is -0.455 e. The molecular formula is C17H23ClN2O5S. The van der Waals surface area contributed by atoms with E-state index in [9.17, 15) is 18.0 Å². The Morgan fingerprint density at radius 2 is 1.88 bits per heavy atom. The van der Waals surface area contributed by atoms with Crippen LogP contribution in [0, 0.1) is 5.92 Å². The van der Waals surface area contributed by atoms with E-state index in [2.05, 4.69) is 5.32 Å². The molecule has 0 radical (unpaired) electrons. The monoisotopic (exact) mass is 402 g/mol. The average Bonchev–Trinajstić information content (AvgIpc) is 2.61. The van der Waals surface area contributed by atoms with Gasteiger partial charge >= 0.3 is 5.97 Å². The summed E-state index contributed by atoms with van der Waals surface area (Å²) in [5.41, 5.74) is 0.274. The first kappa shape index (κ1) is 20.7. The maximum atomic E-state index is 12.8. The summed E-state index contributed by atoms with van der Waals surface area (Å²) < 4.78 is 31.9. The number of carbonyl (C=O) groups excluding carboxylic acids is 2. The number of nitrogens with one attached hydrogen (secondary N) is 1. The minimum absolute atomic E-state index is 0.0435. The highest BCUT2D eigenvalue weighted by Crippen LogP contribution is 2.29. The molecule has 1 aliphatic rings. The van der Waals surface area contributed by atoms with Gasteiger partial charge in [0.2, 0.25) is 10.0 Å². The van der Waals surface area contributed by atoms with Crippen LogP contribution in [0.25, 0.3) is 0 Å². The Balaban J connectivity index is 2.11. The van der Waals surface area contributed by atoms with Gasteiger partial charge in [0, 0.05) is 18.8 Å². The van der Waals surface area contributed by atoms with E-state index in [1.807, 2.05) is 0 Å². The Morgan fingerprint density at radius 1 is 1.23 bits per heavy atom. The van der Waals surface area contributed by atoms with Gasteiger partial charge in [-0.2, -0.15) is 4.31 Å². The molecule has 2 rings (SSSR count). The van der Waals surface area contributed by atoms with Crippen molar-refractivity contribution in [1.29, 1.82) is 0 Å². The summed E-state index contributed by atoms with van der Waals surface area (Å²) in [5, 5.41) is 2.62. The Bertz CT molecular complexity index is 773. The predicted molar refractivity (Wildman–Crippen MR) is 98.5 cm³/mol. The van der Waals surface area contributed by atoms with Crippen LogP contribution in [0.2, 0.25) is 5.02 Å². The van der Waals surface area contributed by atoms with Crippen LogP contribution in [-0.4, -0.2) is 44.3 Å². The molecule has 0 bridgehead atoms. The number of ether oxygens (including phenoxy) is 1. The van der Waals surface area contributed by atoms with Crippen molar-refractivity contribution in [1.82, 2.24) is 4.31 Å². The summed E-state index contributed by atoms with van der Waals surface area (Å²) in [6, 6.07) is 4.25. The van der Waals surface area contributed by atoms with Crippen molar-refractivity contribution in [2.45, 2.75) is 38.0 Å². The molecule has 1 N–H and O–H groups in total. The fraction of sp³-hybridized carbons (Fsp3) is 0.529. The fourth-order valence-electron chi connectivity index (χ4n) is 2.52. The second-order valence-electron chi connectivity index (χ2n) is 6.42. The molecule has 0 atom stereocenters. The number of halogens is 1. The van der Waals surface area contributed by atoms with Crippen molar-refractivity contribution < 1.29 is 22.7 Å². The van der Waals surface area contributed by atoms with E-state index in [0.717, 1.165) is 19.3 Å². The molecule has 1 aliphatic heterocycles. The molecule has 0 unspecified atom stereocenters. The number of benzene rings is 1. The molecule has 1 amide bonds. The number of hydrogen-bond acceptors (Lipinski definition) is 5. The third-order valence-electron chi connectivity index (χ3n) is 3.96. The molecule has 1 fully saturated rings. The lowest BCUT2D eigenvalue weighted by atomic mass is 10.2. The zero-order valence-electron chi connectivity index (χ0n) is 14.8. The van der Waals surface area contributed by atoms with Crippen LogP contribution in [0.1, 0.15) is 33.1 Å². The van der Waals surface area contributed by atoms with Crippen LogP contribution >= 0.6 is 11.6 Å². The Labute approximate surface area is 158 Å². The first-order valence-electron chi connectivity index (χ1n) is 8.48. The van der Waals surface area contributed by atoms with Crippen LogP contribution in [0.4, 0.5) is 5.69 Å². The quantitative estimate of drug-likeness (QED) is 0.738. The number of esters is 1. The van der Waals surface area contributed by atoms with E-state index in [-0.39, 0.29) is 21.5 Å². The van der Waals surface area contributed by atoms with Crippen molar-refractivity contribution >= 4 is 39.2 Å². The lowest BCUT2D eigenvalue weighted by molar-refractivity contribution is -0.150. The Kier molecular flexibility index (Phi) is 7.02. The minimum atomic E-state index is -3.72. The summed E-state index contributed by atoms with van der Waals surface area (Å²) >= 11 is 6.09. The van der Waals surface area contributed by atoms with E-state index < -0.39 is 28.5 Å². The summed E-state index contributed by atoms with van der Waals surface area (Å²) in [5.74, 6) is -1.37. The average molecular weight is 403 g/mol. The van der Waals surface area contributed by atoms with Crippen LogP contribution in [0.15, 0.2) is 23.1 Å². The van der Waals surface area contributed by atoms with Gasteiger partial charge in [0.25, 0.3) is 5.91 Å². The number of hydrogen-bond donors (Lipinski definition) is 1. The standard InChI is InChI=1S/C17H23ClN2O5S/c1-12(2)17(22)25-11-16(21)19-13-6-7-14(18)15(10-13)26(23,24)20-8-4-3-5-9-20/h6-7,10,12H,3-5,8-9,11H2,1-2H3,(H,19,21). The predicted octanol–water partition coefficient (Wildman–Crippen LogP) is 2.65. The number of anilines is 1. The fourth-order valence-corrected chi connectivity index (χ4v) is 4.54. The maximum absolute atomic E-state index is 12.8. The largest absolute Gasteiger partial charge is 0.455 e. The van der Waals surface area contributed by atoms with Gasteiger partial charge in [0.15, 0.2) is 6.61 Å². The van der Waals surface area contributed by atoms with Gasteiger partial charge in [0.05, 0.1) is 10.9 Å². The van der Waals surface area contributed by atoms with Crippen LogP contribution in [0.3, 0.4) is 0 Å². The second-order valence-corrected chi connectivity index (χ2v) is 8.73. The molecule has 1 aromatic carbocycles. The molecular weight excluding hydrogens is 380 g/mol. The first-order valence-corrected chi connectivity index (χ1v) is 10.3. The van der Waals surface area contributed by atoms with Crippen molar-refractivity contribution in [2.75, 3.05) is 25.0 Å². The molecule has 1 heterocycles. The molecule has 7 nitrogen and oxygen atoms in total. The van der Waals surface area contributed by atoms with Crippen molar-refractivity contribution in [2.24, 2.45) is 5.92 Å². The molecule has 1 aromatic rings. The topological polar surface area (TPSA) is 92.8 Å². The normalized spacial score (nSPS) is 15.7. The third kappa shape index (κ3) is 5.18. The zero-order chi connectivity index (χ0) is 19.3. The van der Waals surface area contributed by atoms with E-state index in [0.29, 0.717) is 13.1 Å². The van der Waals surface area contributed by atoms with Gasteiger partial charge in [-0.3, -0.25) is 9.59 Å². The van der Waals surface area contributed by atoms with Crippen molar-refractivity contribution in [3.8, 4) is 0 Å². The van der Waals surface area contributed by atoms with Gasteiger partial charge < -0.3 is 10.1 Å². The number of piperidine rings is 1. The van der Waals surface area contributed by atoms with Gasteiger partial charge in [0.1, 0.15) is 4.90 Å². The molecule has 1 saturated heterocycles. The molecule has 0 aromatic heterocycles. The van der Waals surface area contributed by atoms with Crippen LogP contribution < -0.4 is 5.32 Å². The highest BCUT2D eigenvalue weighted by atomic mass is 35.5. The van der Waals surface area contributed by atoms with Crippen LogP contribution in [0.5, 0.6) is 0 Å². The molecule has 0 saturated carbocycles. The summed E-state index contributed by atoms with van der Waals surface area (Å²) in [4.78, 5) is 23.3. The summed E-state index contributed by atoms with van der Waals surface area (Å²) in [6.07, 6.45) is 2.63. The van der Waals surface area contributed by atoms with Gasteiger partial charge in [-0.15, -0.1) is 0 Å². The van der Waals surface area contributed by atoms with Crippen molar-refractivity contribution in [3.05, 3.63) is 23.2 Å². The Hall–Kier alpha value is -1.64. The lowest BCUT2D eigenvalue weighted by Crippen LogP contribution is -2.35. The van der Waals surface area contributed by atoms with E-state index in [1.165, 1.54) is 22.5 Å². The zero-order valence-corrected chi connectivity index (χ0v) is 16.4. The van der Waals surface area contributed by atoms with E-state index >= 15 is 0 Å². The smallest absolute Gasteiger partial charge is 0.308 e. The maximum Gasteiger partial charge on any atom is 0.308 e. The molecule has 0 aliphatic carbocycles. The number of sulfonamides is 1. The highest BCUT2D eigenvalue weighted by Gasteiger charge is 2.28. The summed E-state index contributed by atoms with van der Waals surface area (Å²) in [7, 11) is -3.72. The Morgan fingerprint density at radius 3 is 2.50 bits per heavy atom. The molecule has 9 heteroatoms. The van der Waals surface area contributed by atoms with E-state index in [1.54, 1.807) is 13.8 Å². The number of rotatable bonds is 6. The van der Waals surface area contributed by atoms with Gasteiger partial charge in [-0.1, -0.05) is 31.9 Å². The highest BCUT2D eigenvalue weighted by molar-refractivity contribution is 7.89. The SMILES string of the molecule is CC(C)C(=O)OCC(=O)Nc1ccc(Cl)c(S(=O)(=O)N2CCCCC2)c1. The van der Waals surface area contributed by atoms with Gasteiger partial charge in [-0.05, 0) is 31.0 Å². The summed E-state index contributed by atoms with van der Waals surface area (Å²) in [6.45, 7) is 3.81. The number of carbonyl (C=O) groups is 2. The van der Waals surface area contributed by atoms with Crippen LogP contribution in [-0.2, 0) is 24.3 Å². The van der Waals surface area contributed by atoms with E-state index in [4.69, 9.17) is 16.3 Å². The third-order valence-corrected chi connectivity index (χ3v) is 6.34. The lowest BCUT2D eigenvalue weighted by Gasteiger charge is -2.26. The second kappa shape index (κ2) is 8.83. The molecule has 26 heavy (non-hydrogen) atoms. The number of nitrogens with zero attached hydrogens (tertiary/aromatic N) is 1. The molecule has 144 valence electrons.